The fraction of sp³-hybridized carbons (Fsp3) is 0.632. The first-order valence-corrected chi connectivity index (χ1v) is 8.63. The van der Waals surface area contributed by atoms with Gasteiger partial charge in [0.1, 0.15) is 5.75 Å². The Morgan fingerprint density at radius 1 is 1.17 bits per heavy atom. The Bertz CT molecular complexity index is 465. The van der Waals surface area contributed by atoms with E-state index in [0.29, 0.717) is 18.5 Å². The Hall–Kier alpha value is -1.06. The predicted octanol–water partition coefficient (Wildman–Crippen LogP) is 4.73. The van der Waals surface area contributed by atoms with Crippen LogP contribution < -0.4 is 4.74 Å². The minimum atomic E-state index is 0. The zero-order valence-electron chi connectivity index (χ0n) is 14.6. The number of benzene rings is 1. The van der Waals surface area contributed by atoms with Gasteiger partial charge in [-0.1, -0.05) is 13.3 Å². The lowest BCUT2D eigenvalue weighted by atomic mass is 9.96. The number of rotatable bonds is 7. The van der Waals surface area contributed by atoms with E-state index in [1.165, 1.54) is 19.3 Å². The number of ether oxygens (including phenoxy) is 1. The minimum Gasteiger partial charge on any atom is -0.494 e. The third kappa shape index (κ3) is 5.82. The Balaban J connectivity index is 0.00000264. The molecule has 0 spiro atoms. The van der Waals surface area contributed by atoms with Gasteiger partial charge in [0.05, 0.1) is 6.61 Å². The van der Waals surface area contributed by atoms with Crippen LogP contribution in [0.4, 0.5) is 0 Å². The molecule has 0 bridgehead atoms. The van der Waals surface area contributed by atoms with Crippen molar-refractivity contribution < 1.29 is 9.53 Å². The van der Waals surface area contributed by atoms with Crippen LogP contribution in [0.25, 0.3) is 0 Å². The molecule has 1 heterocycles. The highest BCUT2D eigenvalue weighted by molar-refractivity contribution is 5.96. The number of likely N-dealkylation sites (tertiary alicyclic amines) is 1. The first-order valence-electron chi connectivity index (χ1n) is 8.63. The molecule has 1 aromatic rings. The van der Waals surface area contributed by atoms with Crippen LogP contribution in [-0.4, -0.2) is 35.9 Å². The topological polar surface area (TPSA) is 29.5 Å². The van der Waals surface area contributed by atoms with E-state index in [1.54, 1.807) is 0 Å². The number of hydrogen-bond acceptors (Lipinski definition) is 3. The number of Topliss-reactive ketones (excluding diaryl/α,β-unsaturated/α-hetero) is 1. The molecule has 0 aromatic heterocycles. The number of carbonyl (C=O) groups excluding carboxylic acids is 1. The molecule has 1 fully saturated rings. The first kappa shape index (κ1) is 20.0. The summed E-state index contributed by atoms with van der Waals surface area (Å²) in [5.74, 6) is 1.07. The summed E-state index contributed by atoms with van der Waals surface area (Å²) in [4.78, 5) is 14.8. The third-order valence-electron chi connectivity index (χ3n) is 4.62. The Kier molecular flexibility index (Phi) is 8.64. The van der Waals surface area contributed by atoms with E-state index < -0.39 is 0 Å². The second-order valence-electron chi connectivity index (χ2n) is 6.41. The van der Waals surface area contributed by atoms with Gasteiger partial charge < -0.3 is 4.74 Å². The van der Waals surface area contributed by atoms with Gasteiger partial charge in [0.15, 0.2) is 5.78 Å². The van der Waals surface area contributed by atoms with Crippen molar-refractivity contribution >= 4 is 18.2 Å². The normalized spacial score (nSPS) is 21.5. The molecule has 130 valence electrons. The van der Waals surface area contributed by atoms with Gasteiger partial charge in [-0.05, 0) is 57.4 Å². The van der Waals surface area contributed by atoms with E-state index >= 15 is 0 Å². The smallest absolute Gasteiger partial charge is 0.164 e. The Morgan fingerprint density at radius 2 is 1.78 bits per heavy atom. The van der Waals surface area contributed by atoms with Crippen molar-refractivity contribution in [3.8, 4) is 5.75 Å². The average molecular weight is 340 g/mol. The molecule has 0 saturated carbocycles. The maximum Gasteiger partial charge on any atom is 0.164 e. The van der Waals surface area contributed by atoms with Gasteiger partial charge >= 0.3 is 0 Å². The molecule has 4 heteroatoms. The fourth-order valence-electron chi connectivity index (χ4n) is 3.25. The summed E-state index contributed by atoms with van der Waals surface area (Å²) in [6.07, 6.45) is 5.41. The van der Waals surface area contributed by atoms with E-state index in [-0.39, 0.29) is 18.2 Å². The molecule has 2 rings (SSSR count). The molecule has 1 aliphatic rings. The van der Waals surface area contributed by atoms with Crippen LogP contribution in [0.3, 0.4) is 0 Å². The average Bonchev–Trinajstić information content (AvgIpc) is 2.52. The van der Waals surface area contributed by atoms with Gasteiger partial charge in [0.25, 0.3) is 0 Å². The van der Waals surface area contributed by atoms with Crippen molar-refractivity contribution in [3.63, 3.8) is 0 Å². The highest BCUT2D eigenvalue weighted by Crippen LogP contribution is 2.23. The van der Waals surface area contributed by atoms with Crippen LogP contribution in [0.15, 0.2) is 24.3 Å². The van der Waals surface area contributed by atoms with Crippen LogP contribution in [0.2, 0.25) is 0 Å². The second-order valence-corrected chi connectivity index (χ2v) is 6.41. The van der Waals surface area contributed by atoms with Gasteiger partial charge in [-0.2, -0.15) is 0 Å². The van der Waals surface area contributed by atoms with Gasteiger partial charge in [-0.15, -0.1) is 12.4 Å². The molecule has 1 saturated heterocycles. The molecule has 0 N–H and O–H groups in total. The van der Waals surface area contributed by atoms with E-state index in [2.05, 4.69) is 25.7 Å². The number of hydrogen-bond donors (Lipinski definition) is 0. The monoisotopic (exact) mass is 339 g/mol. The molecule has 2 atom stereocenters. The largest absolute Gasteiger partial charge is 0.494 e. The lowest BCUT2D eigenvalue weighted by Gasteiger charge is -2.38. The summed E-state index contributed by atoms with van der Waals surface area (Å²) < 4.78 is 5.55. The summed E-state index contributed by atoms with van der Waals surface area (Å²) in [5.41, 5.74) is 0.793. The lowest BCUT2D eigenvalue weighted by Crippen LogP contribution is -2.44. The van der Waals surface area contributed by atoms with Crippen molar-refractivity contribution in [3.05, 3.63) is 29.8 Å². The van der Waals surface area contributed by atoms with E-state index in [0.717, 1.165) is 30.9 Å². The number of halogens is 1. The zero-order valence-corrected chi connectivity index (χ0v) is 15.4. The lowest BCUT2D eigenvalue weighted by molar-refractivity contribution is 0.0839. The third-order valence-corrected chi connectivity index (χ3v) is 4.62. The SMILES string of the molecule is CCCOc1ccc(C(=O)CCN2C(C)CCCC2C)cc1.Cl. The molecule has 3 nitrogen and oxygen atoms in total. The summed E-state index contributed by atoms with van der Waals surface area (Å²) in [6, 6.07) is 8.76. The summed E-state index contributed by atoms with van der Waals surface area (Å²) in [5, 5.41) is 0. The van der Waals surface area contributed by atoms with Crippen molar-refractivity contribution in [2.24, 2.45) is 0 Å². The second kappa shape index (κ2) is 9.94. The summed E-state index contributed by atoms with van der Waals surface area (Å²) in [7, 11) is 0. The first-order chi connectivity index (χ1) is 10.6. The van der Waals surface area contributed by atoms with Gasteiger partial charge in [0.2, 0.25) is 0 Å². The summed E-state index contributed by atoms with van der Waals surface area (Å²) in [6.45, 7) is 8.23. The maximum absolute atomic E-state index is 12.4. The number of nitrogens with zero attached hydrogens (tertiary/aromatic N) is 1. The highest BCUT2D eigenvalue weighted by Gasteiger charge is 2.24. The number of ketones is 1. The molecule has 0 radical (unpaired) electrons. The molecule has 23 heavy (non-hydrogen) atoms. The predicted molar refractivity (Wildman–Crippen MR) is 97.9 cm³/mol. The zero-order chi connectivity index (χ0) is 15.9. The molecule has 1 aromatic carbocycles. The van der Waals surface area contributed by atoms with Crippen molar-refractivity contribution in [1.82, 2.24) is 4.90 Å². The molecule has 0 amide bonds. The van der Waals surface area contributed by atoms with Gasteiger partial charge in [-0.3, -0.25) is 9.69 Å². The highest BCUT2D eigenvalue weighted by atomic mass is 35.5. The molecular formula is C19H30ClNO2. The Labute approximate surface area is 146 Å². The quantitative estimate of drug-likeness (QED) is 0.672. The van der Waals surface area contributed by atoms with E-state index in [4.69, 9.17) is 4.74 Å². The van der Waals surface area contributed by atoms with Gasteiger partial charge in [-0.25, -0.2) is 0 Å². The molecule has 0 aliphatic carbocycles. The van der Waals surface area contributed by atoms with Crippen molar-refractivity contribution in [2.45, 2.75) is 65.0 Å². The summed E-state index contributed by atoms with van der Waals surface area (Å²) >= 11 is 0. The van der Waals surface area contributed by atoms with Crippen LogP contribution in [-0.2, 0) is 0 Å². The molecule has 2 unspecified atom stereocenters. The van der Waals surface area contributed by atoms with Gasteiger partial charge in [0, 0.05) is 30.6 Å². The fourth-order valence-corrected chi connectivity index (χ4v) is 3.25. The number of piperidine rings is 1. The standard InChI is InChI=1S/C19H29NO2.ClH/c1-4-14-22-18-10-8-17(9-11-18)19(21)12-13-20-15(2)6-5-7-16(20)3;/h8-11,15-16H,4-7,12-14H2,1-3H3;1H. The van der Waals surface area contributed by atoms with Crippen LogP contribution in [0.5, 0.6) is 5.75 Å². The van der Waals surface area contributed by atoms with E-state index in [1.807, 2.05) is 24.3 Å². The van der Waals surface area contributed by atoms with Crippen LogP contribution >= 0.6 is 12.4 Å². The number of carbonyl (C=O) groups is 1. The molecule has 1 aliphatic heterocycles. The maximum atomic E-state index is 12.4. The minimum absolute atomic E-state index is 0. The van der Waals surface area contributed by atoms with Crippen LogP contribution in [0, 0.1) is 0 Å². The van der Waals surface area contributed by atoms with Crippen molar-refractivity contribution in [2.75, 3.05) is 13.2 Å². The Morgan fingerprint density at radius 3 is 2.35 bits per heavy atom. The van der Waals surface area contributed by atoms with Crippen molar-refractivity contribution in [1.29, 1.82) is 0 Å². The van der Waals surface area contributed by atoms with Crippen LogP contribution in [0.1, 0.15) is 63.2 Å². The molecular weight excluding hydrogens is 310 g/mol. The van der Waals surface area contributed by atoms with E-state index in [9.17, 15) is 4.79 Å².